The van der Waals surface area contributed by atoms with Crippen LogP contribution in [0.5, 0.6) is 5.75 Å². The fourth-order valence-electron chi connectivity index (χ4n) is 3.59. The van der Waals surface area contributed by atoms with Crippen molar-refractivity contribution < 1.29 is 23.0 Å². The highest BCUT2D eigenvalue weighted by Gasteiger charge is 2.23. The Morgan fingerprint density at radius 2 is 1.84 bits per heavy atom. The van der Waals surface area contributed by atoms with Crippen LogP contribution >= 0.6 is 0 Å². The van der Waals surface area contributed by atoms with E-state index in [-0.39, 0.29) is 11.8 Å². The molecule has 1 aromatic heterocycles. The fraction of sp³-hybridized carbons (Fsp3) is 0.450. The summed E-state index contributed by atoms with van der Waals surface area (Å²) in [4.78, 5) is 18.6. The number of hydrogen-bond donors (Lipinski definition) is 1. The van der Waals surface area contributed by atoms with Gasteiger partial charge in [0, 0.05) is 57.1 Å². The van der Waals surface area contributed by atoms with Crippen molar-refractivity contribution in [2.45, 2.75) is 6.61 Å². The van der Waals surface area contributed by atoms with Crippen molar-refractivity contribution in [1.82, 2.24) is 15.1 Å². The Bertz CT molecular complexity index is 889. The molecule has 2 aromatic rings. The maximum Gasteiger partial charge on any atom is 0.387 e. The Morgan fingerprint density at radius 3 is 2.58 bits per heavy atom. The zero-order chi connectivity index (χ0) is 21.6. The van der Waals surface area contributed by atoms with Crippen LogP contribution in [0.3, 0.4) is 0 Å². The molecular weight excluding hydrogens is 410 g/mol. The van der Waals surface area contributed by atoms with Crippen LogP contribution < -0.4 is 19.9 Å². The second-order valence-electron chi connectivity index (χ2n) is 7.18. The van der Waals surface area contributed by atoms with Crippen molar-refractivity contribution in [3.05, 3.63) is 36.5 Å². The molecule has 2 saturated heterocycles. The van der Waals surface area contributed by atoms with E-state index in [1.165, 1.54) is 12.1 Å². The van der Waals surface area contributed by atoms with Crippen LogP contribution in [0, 0.1) is 0 Å². The predicted molar refractivity (Wildman–Crippen MR) is 111 cm³/mol. The van der Waals surface area contributed by atoms with Gasteiger partial charge in [0.25, 0.3) is 0 Å². The van der Waals surface area contributed by atoms with Gasteiger partial charge in [-0.05, 0) is 12.1 Å². The molecule has 0 bridgehead atoms. The molecule has 2 aliphatic heterocycles. The lowest BCUT2D eigenvalue weighted by Gasteiger charge is -2.36. The Balaban J connectivity index is 1.32. The van der Waals surface area contributed by atoms with E-state index in [9.17, 15) is 13.6 Å². The number of nitrogens with zero attached hydrogens (tertiary/aromatic N) is 5. The number of morpholine rings is 1. The number of aromatic nitrogens is 2. The molecule has 4 rings (SSSR count). The number of piperazine rings is 1. The minimum absolute atomic E-state index is 0.00104. The molecule has 166 valence electrons. The third-order valence-electron chi connectivity index (χ3n) is 5.20. The highest BCUT2D eigenvalue weighted by molar-refractivity contribution is 5.89. The summed E-state index contributed by atoms with van der Waals surface area (Å²) in [6.07, 6.45) is 1.73. The molecule has 1 aromatic carbocycles. The first kappa shape index (κ1) is 21.0. The average Bonchev–Trinajstić information content (AvgIpc) is 2.80. The number of carbonyl (C=O) groups excluding carboxylic acids is 1. The number of benzene rings is 1. The van der Waals surface area contributed by atoms with Gasteiger partial charge in [-0.2, -0.15) is 13.9 Å². The van der Waals surface area contributed by atoms with Crippen LogP contribution in [-0.4, -0.2) is 80.2 Å². The molecule has 0 aliphatic carbocycles. The van der Waals surface area contributed by atoms with Crippen LogP contribution in [0.1, 0.15) is 0 Å². The van der Waals surface area contributed by atoms with Gasteiger partial charge < -0.3 is 29.5 Å². The predicted octanol–water partition coefficient (Wildman–Crippen LogP) is 2.27. The Morgan fingerprint density at radius 1 is 1.06 bits per heavy atom. The minimum Gasteiger partial charge on any atom is -0.435 e. The number of halogens is 2. The van der Waals surface area contributed by atoms with E-state index in [1.807, 2.05) is 6.07 Å². The van der Waals surface area contributed by atoms with Gasteiger partial charge in [-0.3, -0.25) is 0 Å². The molecule has 11 heteroatoms. The van der Waals surface area contributed by atoms with E-state index >= 15 is 0 Å². The standard InChI is InChI=1S/C20H24F2N6O3/c21-19(22)31-17-3-1-2-15(12-17)24-20(29)28-6-4-26(5-7-28)16-13-18(25-23-14-16)27-8-10-30-11-9-27/h1-3,12-14,19H,4-11H2,(H,24,29). The largest absolute Gasteiger partial charge is 0.435 e. The van der Waals surface area contributed by atoms with Crippen molar-refractivity contribution in [1.29, 1.82) is 0 Å². The van der Waals surface area contributed by atoms with Gasteiger partial charge in [-0.25, -0.2) is 4.79 Å². The van der Waals surface area contributed by atoms with Gasteiger partial charge in [0.05, 0.1) is 25.1 Å². The van der Waals surface area contributed by atoms with Crippen LogP contribution in [0.2, 0.25) is 0 Å². The molecule has 0 atom stereocenters. The van der Waals surface area contributed by atoms with Crippen LogP contribution in [-0.2, 0) is 4.74 Å². The first-order valence-corrected chi connectivity index (χ1v) is 10.1. The average molecular weight is 434 g/mol. The summed E-state index contributed by atoms with van der Waals surface area (Å²) in [5, 5.41) is 11.1. The van der Waals surface area contributed by atoms with Crippen molar-refractivity contribution in [2.24, 2.45) is 0 Å². The third-order valence-corrected chi connectivity index (χ3v) is 5.20. The Hall–Kier alpha value is -3.21. The molecule has 3 heterocycles. The summed E-state index contributed by atoms with van der Waals surface area (Å²) >= 11 is 0. The lowest BCUT2D eigenvalue weighted by atomic mass is 10.2. The number of urea groups is 1. The molecule has 0 unspecified atom stereocenters. The molecular formula is C20H24F2N6O3. The highest BCUT2D eigenvalue weighted by atomic mass is 19.3. The van der Waals surface area contributed by atoms with E-state index < -0.39 is 6.61 Å². The summed E-state index contributed by atoms with van der Waals surface area (Å²) in [6, 6.07) is 7.69. The number of anilines is 3. The lowest BCUT2D eigenvalue weighted by molar-refractivity contribution is -0.0498. The summed E-state index contributed by atoms with van der Waals surface area (Å²) in [7, 11) is 0. The van der Waals surface area contributed by atoms with Crippen LogP contribution in [0.25, 0.3) is 0 Å². The van der Waals surface area contributed by atoms with Crippen LogP contribution in [0.4, 0.5) is 30.8 Å². The number of rotatable bonds is 5. The number of ether oxygens (including phenoxy) is 2. The van der Waals surface area contributed by atoms with Gasteiger partial charge in [-0.1, -0.05) is 6.07 Å². The van der Waals surface area contributed by atoms with Crippen LogP contribution in [0.15, 0.2) is 36.5 Å². The SMILES string of the molecule is O=C(Nc1cccc(OC(F)F)c1)N1CCN(c2cnnc(N3CCOCC3)c2)CC1. The molecule has 0 radical (unpaired) electrons. The van der Waals surface area contributed by atoms with Gasteiger partial charge in [0.15, 0.2) is 5.82 Å². The Labute approximate surface area is 178 Å². The van der Waals surface area contributed by atoms with E-state index in [1.54, 1.807) is 23.2 Å². The van der Waals surface area contributed by atoms with E-state index in [2.05, 4.69) is 30.1 Å². The Kier molecular flexibility index (Phi) is 6.60. The van der Waals surface area contributed by atoms with Crippen molar-refractivity contribution in [2.75, 3.05) is 67.6 Å². The number of carbonyl (C=O) groups is 1. The first-order valence-electron chi connectivity index (χ1n) is 10.1. The molecule has 2 aliphatic rings. The molecule has 9 nitrogen and oxygen atoms in total. The second kappa shape index (κ2) is 9.73. The summed E-state index contributed by atoms with van der Waals surface area (Å²) in [5.74, 6) is 0.825. The van der Waals surface area contributed by atoms with Crippen molar-refractivity contribution >= 4 is 23.2 Å². The summed E-state index contributed by atoms with van der Waals surface area (Å²) < 4.78 is 34.5. The van der Waals surface area contributed by atoms with E-state index in [0.29, 0.717) is 45.1 Å². The zero-order valence-corrected chi connectivity index (χ0v) is 16.9. The second-order valence-corrected chi connectivity index (χ2v) is 7.18. The lowest BCUT2D eigenvalue weighted by Crippen LogP contribution is -2.50. The maximum atomic E-state index is 12.6. The maximum absolute atomic E-state index is 12.6. The zero-order valence-electron chi connectivity index (χ0n) is 16.9. The smallest absolute Gasteiger partial charge is 0.387 e. The number of amides is 2. The molecule has 1 N–H and O–H groups in total. The van der Waals surface area contributed by atoms with E-state index in [0.717, 1.165) is 24.6 Å². The fourth-order valence-corrected chi connectivity index (χ4v) is 3.59. The molecule has 0 saturated carbocycles. The van der Waals surface area contributed by atoms with Gasteiger partial charge in [0.1, 0.15) is 5.75 Å². The number of hydrogen-bond acceptors (Lipinski definition) is 7. The van der Waals surface area contributed by atoms with Crippen molar-refractivity contribution in [3.63, 3.8) is 0 Å². The number of alkyl halides is 2. The first-order chi connectivity index (χ1) is 15.1. The van der Waals surface area contributed by atoms with Gasteiger partial charge in [0.2, 0.25) is 0 Å². The quantitative estimate of drug-likeness (QED) is 0.773. The molecule has 2 amide bonds. The third kappa shape index (κ3) is 5.48. The topological polar surface area (TPSA) is 83.1 Å². The minimum atomic E-state index is -2.91. The molecule has 31 heavy (non-hydrogen) atoms. The normalized spacial score (nSPS) is 17.1. The molecule has 0 spiro atoms. The van der Waals surface area contributed by atoms with Gasteiger partial charge >= 0.3 is 12.6 Å². The summed E-state index contributed by atoms with van der Waals surface area (Å²) in [5.41, 5.74) is 1.37. The number of nitrogens with one attached hydrogen (secondary N) is 1. The van der Waals surface area contributed by atoms with Gasteiger partial charge in [-0.15, -0.1) is 5.10 Å². The highest BCUT2D eigenvalue weighted by Crippen LogP contribution is 2.22. The summed E-state index contributed by atoms with van der Waals surface area (Å²) in [6.45, 7) is 2.36. The van der Waals surface area contributed by atoms with E-state index in [4.69, 9.17) is 4.74 Å². The monoisotopic (exact) mass is 434 g/mol. The molecule has 2 fully saturated rings. The van der Waals surface area contributed by atoms with Crippen molar-refractivity contribution in [3.8, 4) is 5.75 Å².